The van der Waals surface area contributed by atoms with Crippen molar-refractivity contribution in [3.63, 3.8) is 0 Å². The van der Waals surface area contributed by atoms with Gasteiger partial charge in [0, 0.05) is 36.5 Å². The maximum Gasteiger partial charge on any atom is 0.317 e. The molecule has 0 bridgehead atoms. The molecule has 1 atom stereocenters. The normalized spacial score (nSPS) is 21.1. The Morgan fingerprint density at radius 2 is 2.32 bits per heavy atom. The number of carbonyl (C=O) groups is 1. The Kier molecular flexibility index (Phi) is 4.52. The molecule has 1 N–H and O–H groups in total. The third-order valence-corrected chi connectivity index (χ3v) is 5.43. The van der Waals surface area contributed by atoms with Crippen LogP contribution in [0, 0.1) is 10.1 Å². The largest absolute Gasteiger partial charge is 0.334 e. The van der Waals surface area contributed by atoms with Gasteiger partial charge in [-0.15, -0.1) is 0 Å². The molecular formula is C15H19N3O3S. The SMILES string of the molecule is O=C(N[C@@H]1CCCSC1)N1CCc2c(cccc2[N+](=O)[O-])C1. The summed E-state index contributed by atoms with van der Waals surface area (Å²) in [7, 11) is 0. The Hall–Kier alpha value is -1.76. The lowest BCUT2D eigenvalue weighted by atomic mass is 9.98. The summed E-state index contributed by atoms with van der Waals surface area (Å²) in [4.78, 5) is 24.8. The number of urea groups is 1. The highest BCUT2D eigenvalue weighted by atomic mass is 32.2. The zero-order valence-electron chi connectivity index (χ0n) is 12.3. The predicted octanol–water partition coefficient (Wildman–Crippen LogP) is 2.56. The van der Waals surface area contributed by atoms with Crippen molar-refractivity contribution >= 4 is 23.5 Å². The van der Waals surface area contributed by atoms with Gasteiger partial charge in [-0.25, -0.2) is 4.79 Å². The van der Waals surface area contributed by atoms with Crippen LogP contribution in [0.4, 0.5) is 10.5 Å². The Labute approximate surface area is 133 Å². The molecule has 0 aromatic heterocycles. The van der Waals surface area contributed by atoms with Gasteiger partial charge in [-0.3, -0.25) is 10.1 Å². The predicted molar refractivity (Wildman–Crippen MR) is 86.1 cm³/mol. The topological polar surface area (TPSA) is 75.5 Å². The lowest BCUT2D eigenvalue weighted by Crippen LogP contribution is -2.48. The number of carbonyl (C=O) groups excluding carboxylic acids is 1. The average molecular weight is 321 g/mol. The third kappa shape index (κ3) is 3.19. The van der Waals surface area contributed by atoms with Crippen molar-refractivity contribution in [2.24, 2.45) is 0 Å². The molecule has 1 aromatic rings. The van der Waals surface area contributed by atoms with Crippen LogP contribution in [-0.2, 0) is 13.0 Å². The van der Waals surface area contributed by atoms with Gasteiger partial charge in [0.2, 0.25) is 0 Å². The lowest BCUT2D eigenvalue weighted by Gasteiger charge is -2.31. The summed E-state index contributed by atoms with van der Waals surface area (Å²) in [6.07, 6.45) is 2.72. The van der Waals surface area contributed by atoms with Gasteiger partial charge in [0.15, 0.2) is 0 Å². The van der Waals surface area contributed by atoms with Crippen LogP contribution < -0.4 is 5.32 Å². The second-order valence-corrected chi connectivity index (χ2v) is 6.86. The molecule has 0 spiro atoms. The van der Waals surface area contributed by atoms with E-state index in [1.165, 1.54) is 11.8 Å². The van der Waals surface area contributed by atoms with E-state index in [1.807, 2.05) is 17.8 Å². The van der Waals surface area contributed by atoms with Crippen molar-refractivity contribution in [1.29, 1.82) is 0 Å². The molecule has 2 heterocycles. The minimum atomic E-state index is -0.339. The minimum Gasteiger partial charge on any atom is -0.334 e. The highest BCUT2D eigenvalue weighted by Gasteiger charge is 2.27. The number of fused-ring (bicyclic) bond motifs is 1. The van der Waals surface area contributed by atoms with E-state index in [0.29, 0.717) is 19.5 Å². The summed E-state index contributed by atoms with van der Waals surface area (Å²) in [6.45, 7) is 0.978. The van der Waals surface area contributed by atoms with Gasteiger partial charge in [-0.1, -0.05) is 12.1 Å². The molecule has 1 fully saturated rings. The van der Waals surface area contributed by atoms with Gasteiger partial charge in [0.05, 0.1) is 4.92 Å². The van der Waals surface area contributed by atoms with Crippen LogP contribution in [0.25, 0.3) is 0 Å². The van der Waals surface area contributed by atoms with E-state index in [1.54, 1.807) is 11.0 Å². The number of thioether (sulfide) groups is 1. The number of nitro groups is 1. The molecule has 2 aliphatic rings. The molecule has 22 heavy (non-hydrogen) atoms. The van der Waals surface area contributed by atoms with Crippen LogP contribution in [0.5, 0.6) is 0 Å². The number of hydrogen-bond donors (Lipinski definition) is 1. The number of nitro benzene ring substituents is 1. The first-order valence-corrected chi connectivity index (χ1v) is 8.69. The van der Waals surface area contributed by atoms with Gasteiger partial charge >= 0.3 is 6.03 Å². The van der Waals surface area contributed by atoms with E-state index in [4.69, 9.17) is 0 Å². The van der Waals surface area contributed by atoms with Crippen molar-refractivity contribution in [3.05, 3.63) is 39.4 Å². The maximum atomic E-state index is 12.4. The van der Waals surface area contributed by atoms with E-state index in [0.717, 1.165) is 29.7 Å². The van der Waals surface area contributed by atoms with Crippen molar-refractivity contribution in [1.82, 2.24) is 10.2 Å². The number of rotatable bonds is 2. The molecule has 2 amide bonds. The summed E-state index contributed by atoms with van der Waals surface area (Å²) < 4.78 is 0. The number of amides is 2. The average Bonchev–Trinajstić information content (AvgIpc) is 2.54. The van der Waals surface area contributed by atoms with Gasteiger partial charge in [-0.05, 0) is 30.6 Å². The number of nitrogens with one attached hydrogen (secondary N) is 1. The van der Waals surface area contributed by atoms with Crippen LogP contribution in [-0.4, -0.2) is 39.9 Å². The highest BCUT2D eigenvalue weighted by Crippen LogP contribution is 2.27. The van der Waals surface area contributed by atoms with E-state index >= 15 is 0 Å². The molecule has 1 aromatic carbocycles. The van der Waals surface area contributed by atoms with Crippen LogP contribution in [0.15, 0.2) is 18.2 Å². The van der Waals surface area contributed by atoms with E-state index in [-0.39, 0.29) is 22.7 Å². The summed E-state index contributed by atoms with van der Waals surface area (Å²) in [5.74, 6) is 2.15. The highest BCUT2D eigenvalue weighted by molar-refractivity contribution is 7.99. The van der Waals surface area contributed by atoms with Crippen molar-refractivity contribution in [3.8, 4) is 0 Å². The molecule has 0 unspecified atom stereocenters. The van der Waals surface area contributed by atoms with Crippen LogP contribution in [0.3, 0.4) is 0 Å². The van der Waals surface area contributed by atoms with E-state index < -0.39 is 0 Å². The van der Waals surface area contributed by atoms with Gasteiger partial charge < -0.3 is 10.2 Å². The molecular weight excluding hydrogens is 302 g/mol. The molecule has 2 aliphatic heterocycles. The smallest absolute Gasteiger partial charge is 0.317 e. The first kappa shape index (κ1) is 15.1. The number of nitrogens with zero attached hydrogens (tertiary/aromatic N) is 2. The Morgan fingerprint density at radius 1 is 1.45 bits per heavy atom. The van der Waals surface area contributed by atoms with Gasteiger partial charge in [-0.2, -0.15) is 11.8 Å². The molecule has 118 valence electrons. The van der Waals surface area contributed by atoms with Gasteiger partial charge in [0.25, 0.3) is 5.69 Å². The van der Waals surface area contributed by atoms with Crippen molar-refractivity contribution < 1.29 is 9.72 Å². The summed E-state index contributed by atoms with van der Waals surface area (Å²) in [6, 6.07) is 5.30. The van der Waals surface area contributed by atoms with Crippen LogP contribution in [0.2, 0.25) is 0 Å². The standard InChI is InChI=1S/C15H19N3O3S/c19-15(16-12-4-2-8-22-10-12)17-7-6-13-11(9-17)3-1-5-14(13)18(20)21/h1,3,5,12H,2,4,6-10H2,(H,16,19)/t12-/m1/s1. The number of benzene rings is 1. The summed E-state index contributed by atoms with van der Waals surface area (Å²) in [5, 5.41) is 14.2. The Balaban J connectivity index is 1.67. The Morgan fingerprint density at radius 3 is 3.05 bits per heavy atom. The maximum absolute atomic E-state index is 12.4. The molecule has 7 heteroatoms. The zero-order chi connectivity index (χ0) is 15.5. The van der Waals surface area contributed by atoms with E-state index in [9.17, 15) is 14.9 Å². The fourth-order valence-electron chi connectivity index (χ4n) is 3.05. The van der Waals surface area contributed by atoms with Gasteiger partial charge in [0.1, 0.15) is 0 Å². The first-order chi connectivity index (χ1) is 10.6. The fraction of sp³-hybridized carbons (Fsp3) is 0.533. The monoisotopic (exact) mass is 321 g/mol. The van der Waals surface area contributed by atoms with E-state index in [2.05, 4.69) is 5.32 Å². The molecule has 1 saturated heterocycles. The molecule has 0 aliphatic carbocycles. The fourth-order valence-corrected chi connectivity index (χ4v) is 4.13. The lowest BCUT2D eigenvalue weighted by molar-refractivity contribution is -0.385. The summed E-state index contributed by atoms with van der Waals surface area (Å²) in [5.41, 5.74) is 1.82. The summed E-state index contributed by atoms with van der Waals surface area (Å²) >= 11 is 1.88. The molecule has 0 saturated carbocycles. The quantitative estimate of drug-likeness (QED) is 0.671. The van der Waals surface area contributed by atoms with Crippen molar-refractivity contribution in [2.45, 2.75) is 31.8 Å². The zero-order valence-corrected chi connectivity index (χ0v) is 13.1. The second-order valence-electron chi connectivity index (χ2n) is 5.71. The second kappa shape index (κ2) is 6.56. The Bertz CT molecular complexity index is 587. The van der Waals surface area contributed by atoms with Crippen LogP contribution >= 0.6 is 11.8 Å². The third-order valence-electron chi connectivity index (χ3n) is 4.21. The molecule has 3 rings (SSSR count). The molecule has 0 radical (unpaired) electrons. The number of hydrogen-bond acceptors (Lipinski definition) is 4. The van der Waals surface area contributed by atoms with Crippen molar-refractivity contribution in [2.75, 3.05) is 18.1 Å². The minimum absolute atomic E-state index is 0.0512. The van der Waals surface area contributed by atoms with Crippen LogP contribution in [0.1, 0.15) is 24.0 Å². The molecule has 6 nitrogen and oxygen atoms in total. The first-order valence-electron chi connectivity index (χ1n) is 7.53.